The summed E-state index contributed by atoms with van der Waals surface area (Å²) in [5, 5.41) is 3.44. The summed E-state index contributed by atoms with van der Waals surface area (Å²) in [6.07, 6.45) is 2.73. The van der Waals surface area contributed by atoms with E-state index in [2.05, 4.69) is 26.1 Å². The lowest BCUT2D eigenvalue weighted by Gasteiger charge is -2.17. The molecule has 0 aromatic rings. The maximum atomic E-state index is 5.13. The topological polar surface area (TPSA) is 21.3 Å². The zero-order valence-electron chi connectivity index (χ0n) is 8.18. The standard InChI is InChI=1S/C9H21NO/c1-5-9(6-2)10-7-8(3)11-4/h8-10H,5-7H2,1-4H3. The Morgan fingerprint density at radius 3 is 2.18 bits per heavy atom. The Bertz CT molecular complexity index is 81.6. The summed E-state index contributed by atoms with van der Waals surface area (Å²) in [6.45, 7) is 7.45. The van der Waals surface area contributed by atoms with Crippen LogP contribution in [0.15, 0.2) is 0 Å². The maximum Gasteiger partial charge on any atom is 0.0667 e. The molecule has 0 saturated carbocycles. The SMILES string of the molecule is CCC(CC)NCC(C)OC. The van der Waals surface area contributed by atoms with Gasteiger partial charge in [-0.25, -0.2) is 0 Å². The maximum absolute atomic E-state index is 5.13. The number of methoxy groups -OCH3 is 1. The van der Waals surface area contributed by atoms with Crippen molar-refractivity contribution in [3.05, 3.63) is 0 Å². The van der Waals surface area contributed by atoms with E-state index in [4.69, 9.17) is 4.74 Å². The molecule has 0 aromatic carbocycles. The summed E-state index contributed by atoms with van der Waals surface area (Å²) in [4.78, 5) is 0. The Kier molecular flexibility index (Phi) is 6.57. The fourth-order valence-electron chi connectivity index (χ4n) is 0.993. The van der Waals surface area contributed by atoms with Crippen molar-refractivity contribution < 1.29 is 4.74 Å². The Morgan fingerprint density at radius 2 is 1.82 bits per heavy atom. The van der Waals surface area contributed by atoms with Crippen LogP contribution in [-0.2, 0) is 4.74 Å². The molecular weight excluding hydrogens is 138 g/mol. The zero-order valence-corrected chi connectivity index (χ0v) is 8.18. The van der Waals surface area contributed by atoms with Crippen molar-refractivity contribution in [2.24, 2.45) is 0 Å². The normalized spacial score (nSPS) is 13.9. The molecule has 1 unspecified atom stereocenters. The Labute approximate surface area is 70.3 Å². The van der Waals surface area contributed by atoms with Crippen molar-refractivity contribution in [1.82, 2.24) is 5.32 Å². The molecule has 0 heterocycles. The lowest BCUT2D eigenvalue weighted by molar-refractivity contribution is 0.114. The lowest BCUT2D eigenvalue weighted by Crippen LogP contribution is -2.34. The highest BCUT2D eigenvalue weighted by Gasteiger charge is 2.04. The lowest BCUT2D eigenvalue weighted by atomic mass is 10.2. The molecular formula is C9H21NO. The molecule has 0 aliphatic carbocycles. The molecule has 0 rings (SSSR count). The first-order valence-electron chi connectivity index (χ1n) is 4.50. The van der Waals surface area contributed by atoms with E-state index in [1.165, 1.54) is 12.8 Å². The van der Waals surface area contributed by atoms with Gasteiger partial charge in [0.15, 0.2) is 0 Å². The zero-order chi connectivity index (χ0) is 8.69. The van der Waals surface area contributed by atoms with Crippen LogP contribution in [0, 0.1) is 0 Å². The molecule has 0 aromatic heterocycles. The number of hydrogen-bond acceptors (Lipinski definition) is 2. The largest absolute Gasteiger partial charge is 0.380 e. The molecule has 1 atom stereocenters. The Balaban J connectivity index is 3.34. The summed E-state index contributed by atoms with van der Waals surface area (Å²) in [7, 11) is 1.75. The molecule has 1 N–H and O–H groups in total. The number of hydrogen-bond donors (Lipinski definition) is 1. The van der Waals surface area contributed by atoms with Crippen LogP contribution in [0.5, 0.6) is 0 Å². The van der Waals surface area contributed by atoms with Crippen LogP contribution in [0.25, 0.3) is 0 Å². The predicted molar refractivity (Wildman–Crippen MR) is 48.8 cm³/mol. The van der Waals surface area contributed by atoms with E-state index in [0.29, 0.717) is 12.1 Å². The Hall–Kier alpha value is -0.0800. The number of ether oxygens (including phenoxy) is 1. The van der Waals surface area contributed by atoms with Gasteiger partial charge >= 0.3 is 0 Å². The van der Waals surface area contributed by atoms with Crippen LogP contribution in [0.3, 0.4) is 0 Å². The second-order valence-corrected chi connectivity index (χ2v) is 2.97. The molecule has 0 amide bonds. The fraction of sp³-hybridized carbons (Fsp3) is 1.00. The van der Waals surface area contributed by atoms with Gasteiger partial charge in [0.05, 0.1) is 6.10 Å². The van der Waals surface area contributed by atoms with Crippen LogP contribution < -0.4 is 5.32 Å². The molecule has 0 bridgehead atoms. The molecule has 0 spiro atoms. The van der Waals surface area contributed by atoms with E-state index in [1.807, 2.05) is 0 Å². The molecule has 2 nitrogen and oxygen atoms in total. The minimum absolute atomic E-state index is 0.329. The predicted octanol–water partition coefficient (Wildman–Crippen LogP) is 1.80. The highest BCUT2D eigenvalue weighted by Crippen LogP contribution is 1.96. The first kappa shape index (κ1) is 10.9. The van der Waals surface area contributed by atoms with E-state index in [1.54, 1.807) is 7.11 Å². The molecule has 0 aliphatic rings. The van der Waals surface area contributed by atoms with Crippen molar-refractivity contribution in [3.8, 4) is 0 Å². The highest BCUT2D eigenvalue weighted by molar-refractivity contribution is 4.64. The van der Waals surface area contributed by atoms with Crippen LogP contribution in [0.4, 0.5) is 0 Å². The summed E-state index contributed by atoms with van der Waals surface area (Å²) < 4.78 is 5.13. The van der Waals surface area contributed by atoms with Crippen LogP contribution in [0.2, 0.25) is 0 Å². The van der Waals surface area contributed by atoms with E-state index in [0.717, 1.165) is 6.54 Å². The number of nitrogens with one attached hydrogen (secondary N) is 1. The van der Waals surface area contributed by atoms with Crippen molar-refractivity contribution in [2.45, 2.75) is 45.8 Å². The summed E-state index contributed by atoms with van der Waals surface area (Å²) >= 11 is 0. The molecule has 0 aliphatic heterocycles. The molecule has 2 heteroatoms. The highest BCUT2D eigenvalue weighted by atomic mass is 16.5. The van der Waals surface area contributed by atoms with Gasteiger partial charge in [-0.1, -0.05) is 13.8 Å². The van der Waals surface area contributed by atoms with E-state index in [-0.39, 0.29) is 0 Å². The van der Waals surface area contributed by atoms with Gasteiger partial charge in [0.25, 0.3) is 0 Å². The van der Waals surface area contributed by atoms with Gasteiger partial charge < -0.3 is 10.1 Å². The summed E-state index contributed by atoms with van der Waals surface area (Å²) in [5.74, 6) is 0. The molecule has 0 radical (unpaired) electrons. The third-order valence-corrected chi connectivity index (χ3v) is 2.08. The van der Waals surface area contributed by atoms with Crippen LogP contribution in [0.1, 0.15) is 33.6 Å². The van der Waals surface area contributed by atoms with Gasteiger partial charge in [-0.15, -0.1) is 0 Å². The van der Waals surface area contributed by atoms with Crippen molar-refractivity contribution in [1.29, 1.82) is 0 Å². The van der Waals surface area contributed by atoms with Gasteiger partial charge in [0.2, 0.25) is 0 Å². The summed E-state index contributed by atoms with van der Waals surface area (Å²) in [6, 6.07) is 0.660. The first-order chi connectivity index (χ1) is 5.24. The van der Waals surface area contributed by atoms with Gasteiger partial charge in [-0.05, 0) is 19.8 Å². The van der Waals surface area contributed by atoms with Gasteiger partial charge in [0.1, 0.15) is 0 Å². The van der Waals surface area contributed by atoms with E-state index >= 15 is 0 Å². The van der Waals surface area contributed by atoms with Crippen molar-refractivity contribution >= 4 is 0 Å². The number of rotatable bonds is 6. The average molecular weight is 159 g/mol. The molecule has 11 heavy (non-hydrogen) atoms. The van der Waals surface area contributed by atoms with Gasteiger partial charge in [-0.3, -0.25) is 0 Å². The third-order valence-electron chi connectivity index (χ3n) is 2.08. The minimum Gasteiger partial charge on any atom is -0.380 e. The monoisotopic (exact) mass is 159 g/mol. The first-order valence-corrected chi connectivity index (χ1v) is 4.50. The van der Waals surface area contributed by atoms with Crippen molar-refractivity contribution in [2.75, 3.05) is 13.7 Å². The molecule has 68 valence electrons. The van der Waals surface area contributed by atoms with Crippen LogP contribution in [-0.4, -0.2) is 25.8 Å². The Morgan fingerprint density at radius 1 is 1.27 bits per heavy atom. The van der Waals surface area contributed by atoms with Crippen molar-refractivity contribution in [3.63, 3.8) is 0 Å². The molecule has 0 saturated heterocycles. The summed E-state index contributed by atoms with van der Waals surface area (Å²) in [5.41, 5.74) is 0. The average Bonchev–Trinajstić information content (AvgIpc) is 2.06. The third kappa shape index (κ3) is 5.22. The van der Waals surface area contributed by atoms with Gasteiger partial charge in [-0.2, -0.15) is 0 Å². The quantitative estimate of drug-likeness (QED) is 0.638. The van der Waals surface area contributed by atoms with Gasteiger partial charge in [0, 0.05) is 19.7 Å². The van der Waals surface area contributed by atoms with E-state index in [9.17, 15) is 0 Å². The van der Waals surface area contributed by atoms with Crippen LogP contribution >= 0.6 is 0 Å². The van der Waals surface area contributed by atoms with E-state index < -0.39 is 0 Å². The second kappa shape index (κ2) is 6.62. The second-order valence-electron chi connectivity index (χ2n) is 2.97. The smallest absolute Gasteiger partial charge is 0.0667 e. The minimum atomic E-state index is 0.329. The fourth-order valence-corrected chi connectivity index (χ4v) is 0.993. The molecule has 0 fully saturated rings.